The van der Waals surface area contributed by atoms with E-state index >= 15 is 0 Å². The van der Waals surface area contributed by atoms with Gasteiger partial charge in [-0.15, -0.1) is 0 Å². The molecular formula is C14H21N3O2. The Morgan fingerprint density at radius 2 is 2.37 bits per heavy atom. The van der Waals surface area contributed by atoms with Crippen LogP contribution < -0.4 is 10.6 Å². The summed E-state index contributed by atoms with van der Waals surface area (Å²) in [5.74, 6) is 0.0147. The van der Waals surface area contributed by atoms with Crippen molar-refractivity contribution in [1.82, 2.24) is 4.98 Å². The quantitative estimate of drug-likeness (QED) is 0.847. The molecule has 1 aliphatic heterocycles. The molecule has 104 valence electrons. The fourth-order valence-corrected chi connectivity index (χ4v) is 2.52. The molecule has 1 fully saturated rings. The highest BCUT2D eigenvalue weighted by Gasteiger charge is 2.24. The first-order valence-electron chi connectivity index (χ1n) is 6.82. The second-order valence-electron chi connectivity index (χ2n) is 4.88. The minimum absolute atomic E-state index is 0.329. The summed E-state index contributed by atoms with van der Waals surface area (Å²) in [6.07, 6.45) is 5.18. The molecule has 2 N–H and O–H groups in total. The molecule has 0 bridgehead atoms. The lowest BCUT2D eigenvalue weighted by Crippen LogP contribution is -2.38. The Balaban J connectivity index is 2.35. The van der Waals surface area contributed by atoms with Gasteiger partial charge in [0.25, 0.3) is 0 Å². The van der Waals surface area contributed by atoms with Gasteiger partial charge in [0.1, 0.15) is 5.82 Å². The summed E-state index contributed by atoms with van der Waals surface area (Å²) < 4.78 is 5.10. The van der Waals surface area contributed by atoms with Crippen LogP contribution in [-0.4, -0.2) is 30.1 Å². The number of anilines is 2. The Morgan fingerprint density at radius 1 is 1.58 bits per heavy atom. The molecule has 0 radical (unpaired) electrons. The zero-order valence-electron chi connectivity index (χ0n) is 11.6. The number of nitrogens with zero attached hydrogens (tertiary/aromatic N) is 2. The minimum atomic E-state index is -0.329. The van der Waals surface area contributed by atoms with Gasteiger partial charge < -0.3 is 15.4 Å². The van der Waals surface area contributed by atoms with Gasteiger partial charge in [-0.25, -0.2) is 9.78 Å². The molecule has 5 heteroatoms. The lowest BCUT2D eigenvalue weighted by molar-refractivity contribution is 0.0527. The molecule has 1 aromatic heterocycles. The number of esters is 1. The maximum absolute atomic E-state index is 12.0. The summed E-state index contributed by atoms with van der Waals surface area (Å²) in [6, 6.07) is 2.02. The average Bonchev–Trinajstić information content (AvgIpc) is 2.40. The molecule has 1 aliphatic rings. The van der Waals surface area contributed by atoms with E-state index in [1.807, 2.05) is 0 Å². The summed E-state index contributed by atoms with van der Waals surface area (Å²) in [6.45, 7) is 5.27. The molecular weight excluding hydrogens is 242 g/mol. The van der Waals surface area contributed by atoms with Crippen molar-refractivity contribution in [3.63, 3.8) is 0 Å². The number of rotatable bonds is 3. The van der Waals surface area contributed by atoms with E-state index in [0.29, 0.717) is 24.0 Å². The predicted molar refractivity (Wildman–Crippen MR) is 75.3 cm³/mol. The monoisotopic (exact) mass is 263 g/mol. The van der Waals surface area contributed by atoms with Gasteiger partial charge in [-0.2, -0.15) is 0 Å². The van der Waals surface area contributed by atoms with Gasteiger partial charge in [-0.1, -0.05) is 0 Å². The Hall–Kier alpha value is -1.78. The van der Waals surface area contributed by atoms with Crippen LogP contribution in [0.15, 0.2) is 12.3 Å². The number of nitrogens with two attached hydrogens (primary N) is 1. The number of carbonyl (C=O) groups excluding carboxylic acids is 1. The number of pyridine rings is 1. The molecule has 0 spiro atoms. The highest BCUT2D eigenvalue weighted by atomic mass is 16.5. The molecule has 19 heavy (non-hydrogen) atoms. The molecule has 0 aliphatic carbocycles. The zero-order valence-corrected chi connectivity index (χ0v) is 11.6. The van der Waals surface area contributed by atoms with Gasteiger partial charge in [0, 0.05) is 12.6 Å². The number of nitrogen functional groups attached to an aromatic ring is 1. The lowest BCUT2D eigenvalue weighted by Gasteiger charge is -2.36. The maximum Gasteiger partial charge on any atom is 0.340 e. The van der Waals surface area contributed by atoms with Crippen LogP contribution in [0.2, 0.25) is 0 Å². The number of carbonyl (C=O) groups is 1. The van der Waals surface area contributed by atoms with Gasteiger partial charge in [-0.05, 0) is 39.2 Å². The molecule has 0 aromatic carbocycles. The third kappa shape index (κ3) is 2.97. The van der Waals surface area contributed by atoms with E-state index in [4.69, 9.17) is 10.5 Å². The van der Waals surface area contributed by atoms with Crippen molar-refractivity contribution in [2.24, 2.45) is 0 Å². The van der Waals surface area contributed by atoms with Crippen LogP contribution in [0.4, 0.5) is 11.5 Å². The first-order valence-corrected chi connectivity index (χ1v) is 6.82. The highest BCUT2D eigenvalue weighted by molar-refractivity contribution is 5.96. The van der Waals surface area contributed by atoms with Gasteiger partial charge in [0.2, 0.25) is 0 Å². The number of ether oxygens (including phenoxy) is 1. The second kappa shape index (κ2) is 5.91. The molecule has 0 saturated carbocycles. The minimum Gasteiger partial charge on any atom is -0.462 e. The van der Waals surface area contributed by atoms with Gasteiger partial charge in [-0.3, -0.25) is 0 Å². The van der Waals surface area contributed by atoms with Crippen molar-refractivity contribution >= 4 is 17.5 Å². The molecule has 2 heterocycles. The molecule has 1 atom stereocenters. The van der Waals surface area contributed by atoms with Gasteiger partial charge in [0.05, 0.1) is 24.1 Å². The van der Waals surface area contributed by atoms with E-state index in [1.165, 1.54) is 6.42 Å². The standard InChI is InChI=1S/C14H21N3O2/c1-3-19-14(18)11-8-13(15)16-9-12(11)17-7-5-4-6-10(17)2/h8-10H,3-7H2,1-2H3,(H2,15,16). The van der Waals surface area contributed by atoms with Gasteiger partial charge >= 0.3 is 5.97 Å². The van der Waals surface area contributed by atoms with E-state index < -0.39 is 0 Å². The van der Waals surface area contributed by atoms with Crippen molar-refractivity contribution in [1.29, 1.82) is 0 Å². The molecule has 1 saturated heterocycles. The normalized spacial score (nSPS) is 19.3. The average molecular weight is 263 g/mol. The molecule has 1 unspecified atom stereocenters. The largest absolute Gasteiger partial charge is 0.462 e. The highest BCUT2D eigenvalue weighted by Crippen LogP contribution is 2.28. The topological polar surface area (TPSA) is 68.5 Å². The van der Waals surface area contributed by atoms with E-state index in [1.54, 1.807) is 19.2 Å². The second-order valence-corrected chi connectivity index (χ2v) is 4.88. The lowest BCUT2D eigenvalue weighted by atomic mass is 10.0. The molecule has 5 nitrogen and oxygen atoms in total. The van der Waals surface area contributed by atoms with Crippen LogP contribution in [0.5, 0.6) is 0 Å². The fraction of sp³-hybridized carbons (Fsp3) is 0.571. The molecule has 1 aromatic rings. The van der Waals surface area contributed by atoms with Crippen LogP contribution in [0.1, 0.15) is 43.5 Å². The third-order valence-corrected chi connectivity index (χ3v) is 3.51. The van der Waals surface area contributed by atoms with Crippen LogP contribution in [0.25, 0.3) is 0 Å². The number of piperidine rings is 1. The number of aromatic nitrogens is 1. The van der Waals surface area contributed by atoms with Crippen LogP contribution in [-0.2, 0) is 4.74 Å². The Labute approximate surface area is 113 Å². The molecule has 2 rings (SSSR count). The predicted octanol–water partition coefficient (Wildman–Crippen LogP) is 2.22. The first-order chi connectivity index (χ1) is 9.13. The third-order valence-electron chi connectivity index (χ3n) is 3.51. The van der Waals surface area contributed by atoms with Crippen LogP contribution in [0.3, 0.4) is 0 Å². The van der Waals surface area contributed by atoms with Crippen molar-refractivity contribution < 1.29 is 9.53 Å². The van der Waals surface area contributed by atoms with Crippen molar-refractivity contribution in [3.05, 3.63) is 17.8 Å². The maximum atomic E-state index is 12.0. The zero-order chi connectivity index (χ0) is 13.8. The summed E-state index contributed by atoms with van der Waals surface area (Å²) in [5.41, 5.74) is 7.04. The molecule has 0 amide bonds. The summed E-state index contributed by atoms with van der Waals surface area (Å²) in [4.78, 5) is 18.4. The van der Waals surface area contributed by atoms with E-state index in [0.717, 1.165) is 25.1 Å². The Kier molecular flexibility index (Phi) is 4.24. The first kappa shape index (κ1) is 13.6. The van der Waals surface area contributed by atoms with E-state index in [9.17, 15) is 4.79 Å². The van der Waals surface area contributed by atoms with Crippen molar-refractivity contribution in [2.75, 3.05) is 23.8 Å². The van der Waals surface area contributed by atoms with Crippen LogP contribution in [0, 0.1) is 0 Å². The van der Waals surface area contributed by atoms with Gasteiger partial charge in [0.15, 0.2) is 0 Å². The van der Waals surface area contributed by atoms with Crippen molar-refractivity contribution in [3.8, 4) is 0 Å². The summed E-state index contributed by atoms with van der Waals surface area (Å²) in [5, 5.41) is 0. The smallest absolute Gasteiger partial charge is 0.340 e. The summed E-state index contributed by atoms with van der Waals surface area (Å²) >= 11 is 0. The van der Waals surface area contributed by atoms with Crippen molar-refractivity contribution in [2.45, 2.75) is 39.2 Å². The number of hydrogen-bond acceptors (Lipinski definition) is 5. The number of hydrogen-bond donors (Lipinski definition) is 1. The SMILES string of the molecule is CCOC(=O)c1cc(N)ncc1N1CCCCC1C. The van der Waals surface area contributed by atoms with E-state index in [-0.39, 0.29) is 5.97 Å². The van der Waals surface area contributed by atoms with Crippen LogP contribution >= 0.6 is 0 Å². The fourth-order valence-electron chi connectivity index (χ4n) is 2.52. The van der Waals surface area contributed by atoms with E-state index in [2.05, 4.69) is 16.8 Å². The Bertz CT molecular complexity index is 462. The summed E-state index contributed by atoms with van der Waals surface area (Å²) in [7, 11) is 0. The Morgan fingerprint density at radius 3 is 3.05 bits per heavy atom.